The minimum Gasteiger partial charge on any atom is -0.282 e. The molecule has 0 bridgehead atoms. The first-order valence-corrected chi connectivity index (χ1v) is 9.12. The molecule has 0 spiro atoms. The summed E-state index contributed by atoms with van der Waals surface area (Å²) in [5.74, 6) is -0.835. The number of nitrogens with one attached hydrogen (secondary N) is 1. The van der Waals surface area contributed by atoms with Crippen molar-refractivity contribution >= 4 is 38.3 Å². The van der Waals surface area contributed by atoms with E-state index in [1.54, 1.807) is 30.3 Å². The topological polar surface area (TPSA) is 83.6 Å². The van der Waals surface area contributed by atoms with Crippen LogP contribution in [0.5, 0.6) is 0 Å². The van der Waals surface area contributed by atoms with Crippen LogP contribution in [-0.2, 0) is 10.0 Å². The highest BCUT2D eigenvalue weighted by Crippen LogP contribution is 2.36. The van der Waals surface area contributed by atoms with Crippen molar-refractivity contribution in [1.82, 2.24) is 4.90 Å². The van der Waals surface area contributed by atoms with Crippen molar-refractivity contribution in [3.63, 3.8) is 0 Å². The van der Waals surface area contributed by atoms with E-state index in [2.05, 4.69) is 4.72 Å². The Labute approximate surface area is 134 Å². The van der Waals surface area contributed by atoms with Gasteiger partial charge in [0, 0.05) is 11.9 Å². The van der Waals surface area contributed by atoms with Crippen molar-refractivity contribution in [2.45, 2.75) is 13.3 Å². The maximum atomic E-state index is 12.6. The summed E-state index contributed by atoms with van der Waals surface area (Å²) in [7, 11) is -3.59. The van der Waals surface area contributed by atoms with Crippen LogP contribution in [0.25, 0.3) is 10.8 Å². The average molecular weight is 332 g/mol. The number of anilines is 1. The van der Waals surface area contributed by atoms with E-state index in [-0.39, 0.29) is 22.7 Å². The van der Waals surface area contributed by atoms with E-state index in [9.17, 15) is 18.0 Å². The Balaban J connectivity index is 2.33. The van der Waals surface area contributed by atoms with Crippen molar-refractivity contribution < 1.29 is 18.0 Å². The molecule has 1 N–H and O–H groups in total. The molecular formula is C16H16N2O4S. The van der Waals surface area contributed by atoms with E-state index in [1.807, 2.05) is 6.92 Å². The van der Waals surface area contributed by atoms with Gasteiger partial charge in [-0.1, -0.05) is 31.2 Å². The highest BCUT2D eigenvalue weighted by molar-refractivity contribution is 7.92. The van der Waals surface area contributed by atoms with Crippen LogP contribution in [0.2, 0.25) is 0 Å². The summed E-state index contributed by atoms with van der Waals surface area (Å²) in [6.45, 7) is 2.18. The molecule has 1 heterocycles. The summed E-state index contributed by atoms with van der Waals surface area (Å²) < 4.78 is 25.8. The monoisotopic (exact) mass is 332 g/mol. The predicted octanol–water partition coefficient (Wildman–Crippen LogP) is 2.22. The lowest BCUT2D eigenvalue weighted by Gasteiger charge is -2.13. The van der Waals surface area contributed by atoms with Crippen molar-refractivity contribution in [3.05, 3.63) is 41.5 Å². The number of rotatable bonds is 4. The standard InChI is InChI=1S/C16H16N2O4S/c1-3-8-18-15(19)12-9-10-6-4-5-7-11(10)14(13(12)16(18)20)17-23(2,21)22/h4-7,9,17H,3,8H2,1-2H3. The fourth-order valence-electron chi connectivity index (χ4n) is 2.83. The third kappa shape index (κ3) is 2.57. The molecule has 1 aliphatic rings. The Morgan fingerprint density at radius 3 is 2.48 bits per heavy atom. The highest BCUT2D eigenvalue weighted by Gasteiger charge is 2.38. The van der Waals surface area contributed by atoms with E-state index in [0.717, 1.165) is 11.2 Å². The van der Waals surface area contributed by atoms with Gasteiger partial charge in [0.25, 0.3) is 11.8 Å². The van der Waals surface area contributed by atoms with Crippen LogP contribution in [0.1, 0.15) is 34.1 Å². The van der Waals surface area contributed by atoms with Gasteiger partial charge in [-0.25, -0.2) is 8.42 Å². The molecule has 0 atom stereocenters. The van der Waals surface area contributed by atoms with Crippen LogP contribution < -0.4 is 4.72 Å². The summed E-state index contributed by atoms with van der Waals surface area (Å²) in [6.07, 6.45) is 1.66. The molecule has 2 aromatic carbocycles. The fraction of sp³-hybridized carbons (Fsp3) is 0.250. The largest absolute Gasteiger partial charge is 0.282 e. The number of carbonyl (C=O) groups is 2. The number of hydrogen-bond acceptors (Lipinski definition) is 4. The molecule has 23 heavy (non-hydrogen) atoms. The maximum absolute atomic E-state index is 12.6. The van der Waals surface area contributed by atoms with Gasteiger partial charge in [0.1, 0.15) is 0 Å². The molecule has 2 amide bonds. The molecule has 2 aromatic rings. The van der Waals surface area contributed by atoms with Crippen molar-refractivity contribution in [1.29, 1.82) is 0 Å². The first-order chi connectivity index (χ1) is 10.8. The highest BCUT2D eigenvalue weighted by atomic mass is 32.2. The molecular weight excluding hydrogens is 316 g/mol. The Hall–Kier alpha value is -2.41. The molecule has 0 aromatic heterocycles. The third-order valence-corrected chi connectivity index (χ3v) is 4.29. The number of fused-ring (bicyclic) bond motifs is 2. The summed E-state index contributed by atoms with van der Waals surface area (Å²) >= 11 is 0. The Kier molecular flexibility index (Phi) is 3.60. The normalized spacial score (nSPS) is 14.4. The molecule has 0 fully saturated rings. The summed E-state index contributed by atoms with van der Waals surface area (Å²) in [4.78, 5) is 26.3. The average Bonchev–Trinajstić information content (AvgIpc) is 2.71. The second-order valence-electron chi connectivity index (χ2n) is 5.53. The molecule has 7 heteroatoms. The number of sulfonamides is 1. The van der Waals surface area contributed by atoms with Crippen LogP contribution in [0, 0.1) is 0 Å². The molecule has 0 radical (unpaired) electrons. The SMILES string of the molecule is CCCN1C(=O)c2cc3ccccc3c(NS(C)(=O)=O)c2C1=O. The lowest BCUT2D eigenvalue weighted by Crippen LogP contribution is -2.30. The van der Waals surface area contributed by atoms with Crippen LogP contribution in [-0.4, -0.2) is 37.9 Å². The van der Waals surface area contributed by atoms with Crippen molar-refractivity contribution in [2.75, 3.05) is 17.5 Å². The smallest absolute Gasteiger partial charge is 0.263 e. The van der Waals surface area contributed by atoms with Gasteiger partial charge in [-0.3, -0.25) is 19.2 Å². The number of imide groups is 1. The number of benzene rings is 2. The molecule has 120 valence electrons. The molecule has 0 aliphatic carbocycles. The molecule has 0 unspecified atom stereocenters. The van der Waals surface area contributed by atoms with Gasteiger partial charge in [0.15, 0.2) is 0 Å². The van der Waals surface area contributed by atoms with E-state index in [1.165, 1.54) is 0 Å². The minimum absolute atomic E-state index is 0.132. The minimum atomic E-state index is -3.59. The maximum Gasteiger partial charge on any atom is 0.263 e. The third-order valence-electron chi connectivity index (χ3n) is 3.72. The predicted molar refractivity (Wildman–Crippen MR) is 88.1 cm³/mol. The van der Waals surface area contributed by atoms with Gasteiger partial charge < -0.3 is 0 Å². The Morgan fingerprint density at radius 1 is 1.13 bits per heavy atom. The Bertz CT molecular complexity index is 934. The zero-order valence-electron chi connectivity index (χ0n) is 12.8. The first-order valence-electron chi connectivity index (χ1n) is 7.23. The second-order valence-corrected chi connectivity index (χ2v) is 7.28. The van der Waals surface area contributed by atoms with E-state index >= 15 is 0 Å². The second kappa shape index (κ2) is 5.34. The molecule has 0 saturated carbocycles. The van der Waals surface area contributed by atoms with Gasteiger partial charge in [0.05, 0.1) is 23.1 Å². The van der Waals surface area contributed by atoms with Crippen LogP contribution in [0.15, 0.2) is 30.3 Å². The number of hydrogen-bond donors (Lipinski definition) is 1. The number of amides is 2. The molecule has 6 nitrogen and oxygen atoms in total. The fourth-order valence-corrected chi connectivity index (χ4v) is 3.41. The summed E-state index contributed by atoms with van der Waals surface area (Å²) in [5, 5.41) is 1.30. The quantitative estimate of drug-likeness (QED) is 0.870. The summed E-state index contributed by atoms with van der Waals surface area (Å²) in [6, 6.07) is 8.71. The molecule has 0 saturated heterocycles. The van der Waals surface area contributed by atoms with Gasteiger partial charge in [0.2, 0.25) is 10.0 Å². The zero-order valence-corrected chi connectivity index (χ0v) is 13.6. The van der Waals surface area contributed by atoms with E-state index < -0.39 is 15.9 Å². The van der Waals surface area contributed by atoms with Crippen LogP contribution >= 0.6 is 0 Å². The van der Waals surface area contributed by atoms with Crippen molar-refractivity contribution in [3.8, 4) is 0 Å². The number of carbonyl (C=O) groups excluding carboxylic acids is 2. The van der Waals surface area contributed by atoms with E-state index in [4.69, 9.17) is 0 Å². The van der Waals surface area contributed by atoms with Gasteiger partial charge in [-0.2, -0.15) is 0 Å². The number of nitrogens with zero attached hydrogens (tertiary/aromatic N) is 1. The zero-order chi connectivity index (χ0) is 16.8. The lowest BCUT2D eigenvalue weighted by atomic mass is 10.00. The van der Waals surface area contributed by atoms with Gasteiger partial charge in [-0.05, 0) is 17.9 Å². The van der Waals surface area contributed by atoms with Gasteiger partial charge >= 0.3 is 0 Å². The van der Waals surface area contributed by atoms with Crippen LogP contribution in [0.3, 0.4) is 0 Å². The van der Waals surface area contributed by atoms with Crippen LogP contribution in [0.4, 0.5) is 5.69 Å². The lowest BCUT2D eigenvalue weighted by molar-refractivity contribution is 0.0654. The van der Waals surface area contributed by atoms with Crippen molar-refractivity contribution in [2.24, 2.45) is 0 Å². The first kappa shape index (κ1) is 15.5. The van der Waals surface area contributed by atoms with Gasteiger partial charge in [-0.15, -0.1) is 0 Å². The molecule has 3 rings (SSSR count). The molecule has 1 aliphatic heterocycles. The Morgan fingerprint density at radius 2 is 1.83 bits per heavy atom. The summed E-state index contributed by atoms with van der Waals surface area (Å²) in [5.41, 5.74) is 0.554. The van der Waals surface area contributed by atoms with E-state index in [0.29, 0.717) is 23.7 Å².